The second kappa shape index (κ2) is 12.8. The molecular formula is C27H45N3O4. The molecule has 4 atom stereocenters. The van der Waals surface area contributed by atoms with Crippen molar-refractivity contribution >= 4 is 17.9 Å². The number of benzene rings is 1. The highest BCUT2D eigenvalue weighted by molar-refractivity contribution is 5.92. The van der Waals surface area contributed by atoms with Gasteiger partial charge in [-0.15, -0.1) is 0 Å². The van der Waals surface area contributed by atoms with Gasteiger partial charge in [-0.1, -0.05) is 38.5 Å². The van der Waals surface area contributed by atoms with Crippen LogP contribution in [0, 0.1) is 13.8 Å². The summed E-state index contributed by atoms with van der Waals surface area (Å²) in [5.41, 5.74) is 2.24. The smallest absolute Gasteiger partial charge is 0.408 e. The molecule has 192 valence electrons. The van der Waals surface area contributed by atoms with Crippen LogP contribution in [0.25, 0.3) is 0 Å². The lowest BCUT2D eigenvalue weighted by molar-refractivity contribution is -0.145. The maximum absolute atomic E-state index is 13.7. The summed E-state index contributed by atoms with van der Waals surface area (Å²) in [5, 5.41) is 5.73. The van der Waals surface area contributed by atoms with E-state index in [4.69, 9.17) is 4.74 Å². The van der Waals surface area contributed by atoms with Crippen LogP contribution in [0.15, 0.2) is 18.2 Å². The number of nitrogens with zero attached hydrogens (tertiary/aromatic N) is 1. The molecule has 0 saturated carbocycles. The third-order valence-corrected chi connectivity index (χ3v) is 5.91. The first-order valence-corrected chi connectivity index (χ1v) is 12.4. The van der Waals surface area contributed by atoms with Crippen LogP contribution in [0.5, 0.6) is 0 Å². The Hall–Kier alpha value is -2.57. The van der Waals surface area contributed by atoms with Gasteiger partial charge in [-0.25, -0.2) is 4.79 Å². The molecule has 34 heavy (non-hydrogen) atoms. The van der Waals surface area contributed by atoms with Crippen LogP contribution in [0.2, 0.25) is 0 Å². The normalized spacial score (nSPS) is 15.0. The van der Waals surface area contributed by atoms with Gasteiger partial charge >= 0.3 is 6.09 Å². The van der Waals surface area contributed by atoms with Gasteiger partial charge in [0.25, 0.3) is 0 Å². The average Bonchev–Trinajstić information content (AvgIpc) is 2.71. The molecule has 1 rings (SSSR count). The molecule has 0 spiro atoms. The Labute approximate surface area is 206 Å². The number of ether oxygens (including phenoxy) is 1. The number of hydrogen-bond donors (Lipinski definition) is 2. The predicted molar refractivity (Wildman–Crippen MR) is 137 cm³/mol. The highest BCUT2D eigenvalue weighted by atomic mass is 16.6. The van der Waals surface area contributed by atoms with Gasteiger partial charge in [0.1, 0.15) is 17.7 Å². The highest BCUT2D eigenvalue weighted by Gasteiger charge is 2.37. The first kappa shape index (κ1) is 29.5. The quantitative estimate of drug-likeness (QED) is 0.487. The van der Waals surface area contributed by atoms with Gasteiger partial charge in [-0.3, -0.25) is 9.59 Å². The van der Waals surface area contributed by atoms with Crippen molar-refractivity contribution in [1.82, 2.24) is 15.5 Å². The fourth-order valence-electron chi connectivity index (χ4n) is 3.77. The number of aryl methyl sites for hydroxylation is 2. The molecule has 0 aliphatic rings. The molecule has 0 aliphatic heterocycles. The molecule has 0 aliphatic carbocycles. The minimum absolute atomic E-state index is 0.0160. The van der Waals surface area contributed by atoms with E-state index in [1.165, 1.54) is 0 Å². The number of amides is 3. The van der Waals surface area contributed by atoms with E-state index in [0.717, 1.165) is 29.5 Å². The summed E-state index contributed by atoms with van der Waals surface area (Å²) in [6, 6.07) is 3.93. The highest BCUT2D eigenvalue weighted by Crippen LogP contribution is 2.28. The van der Waals surface area contributed by atoms with Crippen LogP contribution in [0.3, 0.4) is 0 Å². The second-order valence-corrected chi connectivity index (χ2v) is 10.3. The number of carbonyl (C=O) groups is 3. The Balaban J connectivity index is 3.41. The summed E-state index contributed by atoms with van der Waals surface area (Å²) in [5.74, 6) is -0.552. The summed E-state index contributed by atoms with van der Waals surface area (Å²) in [6.45, 7) is 18.9. The van der Waals surface area contributed by atoms with E-state index in [0.29, 0.717) is 6.42 Å². The van der Waals surface area contributed by atoms with Crippen molar-refractivity contribution in [1.29, 1.82) is 0 Å². The van der Waals surface area contributed by atoms with Crippen LogP contribution >= 0.6 is 0 Å². The molecule has 0 saturated heterocycles. The molecule has 7 nitrogen and oxygen atoms in total. The van der Waals surface area contributed by atoms with Crippen molar-refractivity contribution in [3.63, 3.8) is 0 Å². The van der Waals surface area contributed by atoms with Crippen LogP contribution in [0.4, 0.5) is 4.79 Å². The minimum Gasteiger partial charge on any atom is -0.444 e. The van der Waals surface area contributed by atoms with Gasteiger partial charge in [-0.2, -0.15) is 0 Å². The molecule has 0 bridgehead atoms. The monoisotopic (exact) mass is 475 g/mol. The van der Waals surface area contributed by atoms with Crippen molar-refractivity contribution in [2.45, 2.75) is 118 Å². The summed E-state index contributed by atoms with van der Waals surface area (Å²) in [7, 11) is 0. The van der Waals surface area contributed by atoms with Gasteiger partial charge in [0.05, 0.1) is 0 Å². The van der Waals surface area contributed by atoms with E-state index < -0.39 is 23.8 Å². The van der Waals surface area contributed by atoms with Gasteiger partial charge < -0.3 is 20.3 Å². The SMILES string of the molecule is CCCC(C)NC(=O)C(c1ccc(C)c(C)c1)N(C(=O)C(C)NC(=O)OC(C)(C)C)C(C)CC. The van der Waals surface area contributed by atoms with E-state index >= 15 is 0 Å². The number of hydrogen-bond acceptors (Lipinski definition) is 4. The number of nitrogens with one attached hydrogen (secondary N) is 2. The van der Waals surface area contributed by atoms with Gasteiger partial charge in [0.2, 0.25) is 11.8 Å². The van der Waals surface area contributed by atoms with E-state index in [1.54, 1.807) is 32.6 Å². The van der Waals surface area contributed by atoms with E-state index in [-0.39, 0.29) is 23.9 Å². The third-order valence-electron chi connectivity index (χ3n) is 5.91. The third kappa shape index (κ3) is 8.65. The summed E-state index contributed by atoms with van der Waals surface area (Å²) < 4.78 is 5.33. The fraction of sp³-hybridized carbons (Fsp3) is 0.667. The van der Waals surface area contributed by atoms with Gasteiger partial charge in [0.15, 0.2) is 0 Å². The Morgan fingerprint density at radius 1 is 1.00 bits per heavy atom. The number of alkyl carbamates (subject to hydrolysis) is 1. The fourth-order valence-corrected chi connectivity index (χ4v) is 3.77. The van der Waals surface area contributed by atoms with E-state index in [9.17, 15) is 14.4 Å². The van der Waals surface area contributed by atoms with Crippen molar-refractivity contribution in [2.24, 2.45) is 0 Å². The van der Waals surface area contributed by atoms with Crippen molar-refractivity contribution in [3.05, 3.63) is 34.9 Å². The molecule has 0 aromatic heterocycles. The maximum atomic E-state index is 13.7. The first-order chi connectivity index (χ1) is 15.7. The molecule has 3 amide bonds. The van der Waals surface area contributed by atoms with Gasteiger partial charge in [-0.05, 0) is 84.9 Å². The minimum atomic E-state index is -0.862. The molecule has 1 aromatic carbocycles. The molecule has 7 heteroatoms. The van der Waals surface area contributed by atoms with Gasteiger partial charge in [0, 0.05) is 12.1 Å². The zero-order valence-electron chi connectivity index (χ0n) is 22.7. The lowest BCUT2D eigenvalue weighted by Gasteiger charge is -2.38. The molecule has 0 fully saturated rings. The van der Waals surface area contributed by atoms with Crippen LogP contribution in [-0.4, -0.2) is 46.5 Å². The molecule has 2 N–H and O–H groups in total. The first-order valence-electron chi connectivity index (χ1n) is 12.4. The molecule has 4 unspecified atom stereocenters. The Kier molecular flexibility index (Phi) is 11.1. The Morgan fingerprint density at radius 2 is 1.62 bits per heavy atom. The van der Waals surface area contributed by atoms with Crippen LogP contribution in [-0.2, 0) is 14.3 Å². The lowest BCUT2D eigenvalue weighted by Crippen LogP contribution is -2.55. The average molecular weight is 476 g/mol. The van der Waals surface area contributed by atoms with Crippen molar-refractivity contribution in [3.8, 4) is 0 Å². The zero-order valence-corrected chi connectivity index (χ0v) is 22.7. The molecule has 0 heterocycles. The van der Waals surface area contributed by atoms with Crippen LogP contribution in [0.1, 0.15) is 97.4 Å². The van der Waals surface area contributed by atoms with Crippen LogP contribution < -0.4 is 10.6 Å². The molecule has 0 radical (unpaired) electrons. The van der Waals surface area contributed by atoms with Crippen molar-refractivity contribution in [2.75, 3.05) is 0 Å². The summed E-state index contributed by atoms with van der Waals surface area (Å²) in [6.07, 6.45) is 1.78. The Bertz CT molecular complexity index is 847. The van der Waals surface area contributed by atoms with E-state index in [2.05, 4.69) is 17.6 Å². The van der Waals surface area contributed by atoms with E-state index in [1.807, 2.05) is 52.8 Å². The standard InChI is InChI=1S/C27H45N3O4/c1-11-13-19(5)28-24(31)23(22-15-14-17(3)18(4)16-22)30(20(6)12-2)25(32)21(7)29-26(33)34-27(8,9)10/h14-16,19-21,23H,11-13H2,1-10H3,(H,28,31)(H,29,33). The summed E-state index contributed by atoms with van der Waals surface area (Å²) >= 11 is 0. The maximum Gasteiger partial charge on any atom is 0.408 e. The number of carbonyl (C=O) groups excluding carboxylic acids is 3. The molecular weight excluding hydrogens is 430 g/mol. The zero-order chi connectivity index (χ0) is 26.2. The topological polar surface area (TPSA) is 87.7 Å². The second-order valence-electron chi connectivity index (χ2n) is 10.3. The van der Waals surface area contributed by atoms with Crippen molar-refractivity contribution < 1.29 is 19.1 Å². The molecule has 1 aromatic rings. The lowest BCUT2D eigenvalue weighted by atomic mass is 9.96. The number of rotatable bonds is 10. The Morgan fingerprint density at radius 3 is 2.12 bits per heavy atom. The largest absolute Gasteiger partial charge is 0.444 e. The summed E-state index contributed by atoms with van der Waals surface area (Å²) in [4.78, 5) is 41.2. The predicted octanol–water partition coefficient (Wildman–Crippen LogP) is 5.19.